The Morgan fingerprint density at radius 1 is 1.20 bits per heavy atom. The Hall–Kier alpha value is -3.26. The van der Waals surface area contributed by atoms with E-state index in [-0.39, 0.29) is 17.4 Å². The fraction of sp³-hybridized carbons (Fsp3) is 0.0625. The van der Waals surface area contributed by atoms with E-state index in [2.05, 4.69) is 20.3 Å². The lowest BCUT2D eigenvalue weighted by molar-refractivity contribution is -0.385. The van der Waals surface area contributed by atoms with Gasteiger partial charge in [0.05, 0.1) is 4.92 Å². The molecule has 0 radical (unpaired) electrons. The molecule has 126 valence electrons. The first-order valence-electron chi connectivity index (χ1n) is 7.16. The van der Waals surface area contributed by atoms with Crippen LogP contribution in [0.25, 0.3) is 0 Å². The molecule has 9 heteroatoms. The molecule has 0 saturated heterocycles. The average Bonchev–Trinajstić information content (AvgIpc) is 2.59. The summed E-state index contributed by atoms with van der Waals surface area (Å²) in [6.45, 7) is 1.80. The Bertz CT molecular complexity index is 921. The third kappa shape index (κ3) is 3.81. The quantitative estimate of drug-likeness (QED) is 0.537. The minimum atomic E-state index is -0.608. The molecule has 0 bridgehead atoms. The third-order valence-corrected chi connectivity index (χ3v) is 3.65. The summed E-state index contributed by atoms with van der Waals surface area (Å²) < 4.78 is 5.57. The summed E-state index contributed by atoms with van der Waals surface area (Å²) in [4.78, 5) is 22.8. The van der Waals surface area contributed by atoms with E-state index in [0.29, 0.717) is 16.6 Å². The van der Waals surface area contributed by atoms with Gasteiger partial charge in [-0.15, -0.1) is 0 Å². The van der Waals surface area contributed by atoms with Gasteiger partial charge in [-0.2, -0.15) is 4.98 Å². The summed E-state index contributed by atoms with van der Waals surface area (Å²) >= 11 is 5.97. The van der Waals surface area contributed by atoms with Crippen molar-refractivity contribution in [3.63, 3.8) is 0 Å². The number of halogens is 1. The van der Waals surface area contributed by atoms with Crippen LogP contribution in [0.4, 0.5) is 17.3 Å². The zero-order valence-electron chi connectivity index (χ0n) is 13.0. The maximum absolute atomic E-state index is 11.5. The molecule has 1 aromatic carbocycles. The molecule has 1 N–H and O–H groups in total. The molecule has 2 aromatic heterocycles. The molecule has 0 fully saturated rings. The minimum absolute atomic E-state index is 0.0145. The van der Waals surface area contributed by atoms with Crippen molar-refractivity contribution in [2.24, 2.45) is 0 Å². The Morgan fingerprint density at radius 3 is 2.72 bits per heavy atom. The lowest BCUT2D eigenvalue weighted by Gasteiger charge is -2.09. The highest BCUT2D eigenvalue weighted by molar-refractivity contribution is 6.31. The van der Waals surface area contributed by atoms with Gasteiger partial charge in [0.15, 0.2) is 0 Å². The largest absolute Gasteiger partial charge is 0.434 e. The maximum atomic E-state index is 11.5. The SMILES string of the molecule is Cc1cc(Oc2ncnc(Nc3ccccn3)c2[N+](=O)[O-])ccc1Cl. The van der Waals surface area contributed by atoms with E-state index >= 15 is 0 Å². The number of nitrogens with one attached hydrogen (secondary N) is 1. The maximum Gasteiger partial charge on any atom is 0.373 e. The number of ether oxygens (including phenoxy) is 1. The van der Waals surface area contributed by atoms with Crippen LogP contribution in [0.3, 0.4) is 0 Å². The molecule has 25 heavy (non-hydrogen) atoms. The van der Waals surface area contributed by atoms with E-state index < -0.39 is 4.92 Å². The van der Waals surface area contributed by atoms with Crippen LogP contribution >= 0.6 is 11.6 Å². The molecule has 2 heterocycles. The number of aromatic nitrogens is 3. The Kier molecular flexibility index (Phi) is 4.71. The van der Waals surface area contributed by atoms with Gasteiger partial charge in [-0.1, -0.05) is 17.7 Å². The number of benzene rings is 1. The second-order valence-corrected chi connectivity index (χ2v) is 5.39. The molecule has 3 rings (SSSR count). The van der Waals surface area contributed by atoms with Crippen LogP contribution < -0.4 is 10.1 Å². The lowest BCUT2D eigenvalue weighted by atomic mass is 10.2. The molecule has 0 spiro atoms. The van der Waals surface area contributed by atoms with Crippen LogP contribution in [0.1, 0.15) is 5.56 Å². The van der Waals surface area contributed by atoms with Crippen molar-refractivity contribution in [2.75, 3.05) is 5.32 Å². The van der Waals surface area contributed by atoms with Crippen LogP contribution in [0.15, 0.2) is 48.9 Å². The summed E-state index contributed by atoms with van der Waals surface area (Å²) in [5.74, 6) is 0.601. The monoisotopic (exact) mass is 357 g/mol. The van der Waals surface area contributed by atoms with Crippen LogP contribution in [-0.2, 0) is 0 Å². The first-order valence-corrected chi connectivity index (χ1v) is 7.54. The fourth-order valence-corrected chi connectivity index (χ4v) is 2.16. The molecule has 3 aromatic rings. The number of hydrogen-bond donors (Lipinski definition) is 1. The van der Waals surface area contributed by atoms with Gasteiger partial charge in [0.25, 0.3) is 0 Å². The van der Waals surface area contributed by atoms with Gasteiger partial charge in [-0.05, 0) is 42.8 Å². The van der Waals surface area contributed by atoms with E-state index in [1.807, 2.05) is 0 Å². The van der Waals surface area contributed by atoms with Gasteiger partial charge < -0.3 is 10.1 Å². The topological polar surface area (TPSA) is 103 Å². The van der Waals surface area contributed by atoms with Crippen molar-refractivity contribution < 1.29 is 9.66 Å². The molecular weight excluding hydrogens is 346 g/mol. The van der Waals surface area contributed by atoms with Gasteiger partial charge in [-0.25, -0.2) is 9.97 Å². The van der Waals surface area contributed by atoms with E-state index in [4.69, 9.17) is 16.3 Å². The van der Waals surface area contributed by atoms with Gasteiger partial charge in [0.2, 0.25) is 5.82 Å². The van der Waals surface area contributed by atoms with Crippen molar-refractivity contribution in [2.45, 2.75) is 6.92 Å². The number of nitro groups is 1. The molecule has 0 unspecified atom stereocenters. The molecule has 0 saturated carbocycles. The van der Waals surface area contributed by atoms with Crippen molar-refractivity contribution in [1.82, 2.24) is 15.0 Å². The zero-order valence-corrected chi connectivity index (χ0v) is 13.8. The van der Waals surface area contributed by atoms with Gasteiger partial charge in [-0.3, -0.25) is 10.1 Å². The molecule has 8 nitrogen and oxygen atoms in total. The predicted molar refractivity (Wildman–Crippen MR) is 92.5 cm³/mol. The molecule has 0 atom stereocenters. The van der Waals surface area contributed by atoms with Gasteiger partial charge >= 0.3 is 11.6 Å². The smallest absolute Gasteiger partial charge is 0.373 e. The average molecular weight is 358 g/mol. The lowest BCUT2D eigenvalue weighted by Crippen LogP contribution is -2.04. The van der Waals surface area contributed by atoms with Crippen LogP contribution in [0, 0.1) is 17.0 Å². The van der Waals surface area contributed by atoms with Gasteiger partial charge in [0.1, 0.15) is 17.9 Å². The highest BCUT2D eigenvalue weighted by atomic mass is 35.5. The summed E-state index contributed by atoms with van der Waals surface area (Å²) in [6, 6.07) is 10.1. The standard InChI is InChI=1S/C16H12ClN5O3/c1-10-8-11(5-6-12(10)17)25-16-14(22(23)24)15(19-9-20-16)21-13-4-2-3-7-18-13/h2-9H,1H3,(H,18,19,20,21). The first-order chi connectivity index (χ1) is 12.0. The van der Waals surface area contributed by atoms with Crippen molar-refractivity contribution in [3.8, 4) is 11.6 Å². The molecule has 0 aliphatic carbocycles. The predicted octanol–water partition coefficient (Wildman–Crippen LogP) is 4.28. The van der Waals surface area contributed by atoms with Crippen LogP contribution in [0.2, 0.25) is 5.02 Å². The van der Waals surface area contributed by atoms with Crippen LogP contribution in [0.5, 0.6) is 11.6 Å². The van der Waals surface area contributed by atoms with E-state index in [1.165, 1.54) is 6.33 Å². The highest BCUT2D eigenvalue weighted by Crippen LogP contribution is 2.35. The first kappa shape index (κ1) is 16.6. The number of pyridine rings is 1. The van der Waals surface area contributed by atoms with E-state index in [0.717, 1.165) is 5.56 Å². The zero-order chi connectivity index (χ0) is 17.8. The second kappa shape index (κ2) is 7.10. The van der Waals surface area contributed by atoms with Crippen molar-refractivity contribution in [3.05, 3.63) is 69.6 Å². The number of rotatable bonds is 5. The number of nitrogens with zero attached hydrogens (tertiary/aromatic N) is 4. The van der Waals surface area contributed by atoms with E-state index in [9.17, 15) is 10.1 Å². The normalized spacial score (nSPS) is 10.3. The Labute approximate surface area is 147 Å². The fourth-order valence-electron chi connectivity index (χ4n) is 2.04. The van der Waals surface area contributed by atoms with Crippen LogP contribution in [-0.4, -0.2) is 19.9 Å². The highest BCUT2D eigenvalue weighted by Gasteiger charge is 2.25. The van der Waals surface area contributed by atoms with Crippen molar-refractivity contribution in [1.29, 1.82) is 0 Å². The number of hydrogen-bond acceptors (Lipinski definition) is 7. The third-order valence-electron chi connectivity index (χ3n) is 3.23. The second-order valence-electron chi connectivity index (χ2n) is 4.99. The summed E-state index contributed by atoms with van der Waals surface area (Å²) in [6.07, 6.45) is 2.74. The summed E-state index contributed by atoms with van der Waals surface area (Å²) in [7, 11) is 0. The Balaban J connectivity index is 1.97. The minimum Gasteiger partial charge on any atom is -0.434 e. The molecule has 0 aliphatic heterocycles. The number of anilines is 2. The van der Waals surface area contributed by atoms with E-state index in [1.54, 1.807) is 49.5 Å². The number of aryl methyl sites for hydroxylation is 1. The van der Waals surface area contributed by atoms with Gasteiger partial charge in [0, 0.05) is 11.2 Å². The molecular formula is C16H12ClN5O3. The van der Waals surface area contributed by atoms with Crippen molar-refractivity contribution >= 4 is 28.9 Å². The summed E-state index contributed by atoms with van der Waals surface area (Å²) in [5, 5.41) is 14.9. The molecule has 0 amide bonds. The molecule has 0 aliphatic rings. The summed E-state index contributed by atoms with van der Waals surface area (Å²) in [5.41, 5.74) is 0.392. The Morgan fingerprint density at radius 2 is 2.04 bits per heavy atom.